The van der Waals surface area contributed by atoms with Crippen molar-refractivity contribution in [2.75, 3.05) is 29.5 Å². The number of nitrogens with zero attached hydrogens (tertiary/aromatic N) is 4. The number of sulfone groups is 1. The van der Waals surface area contributed by atoms with Crippen molar-refractivity contribution in [1.29, 1.82) is 0 Å². The van der Waals surface area contributed by atoms with Crippen molar-refractivity contribution in [2.24, 2.45) is 0 Å². The third-order valence-corrected chi connectivity index (χ3v) is 5.97. The Balaban J connectivity index is 2.05. The van der Waals surface area contributed by atoms with E-state index in [4.69, 9.17) is 0 Å². The highest BCUT2D eigenvalue weighted by atomic mass is 79.9. The van der Waals surface area contributed by atoms with Crippen molar-refractivity contribution < 1.29 is 13.3 Å². The molecule has 2 aliphatic rings. The topological polar surface area (TPSA) is 98.3 Å². The van der Waals surface area contributed by atoms with E-state index in [-0.39, 0.29) is 27.8 Å². The summed E-state index contributed by atoms with van der Waals surface area (Å²) in [5.74, 6) is 0.428. The number of nitro groups is 1. The monoisotopic (exact) mass is 364 g/mol. The lowest BCUT2D eigenvalue weighted by Crippen LogP contribution is -2.40. The lowest BCUT2D eigenvalue weighted by atomic mass is 10.3. The minimum Gasteiger partial charge on any atom is -0.351 e. The Bertz CT molecular complexity index is 653. The molecule has 0 aromatic carbocycles. The first-order valence-electron chi connectivity index (χ1n) is 6.27. The Morgan fingerprint density at radius 1 is 1.30 bits per heavy atom. The summed E-state index contributed by atoms with van der Waals surface area (Å²) in [5.41, 5.74) is -0.0730. The minimum absolute atomic E-state index is 0.000879. The summed E-state index contributed by atoms with van der Waals surface area (Å²) < 4.78 is 24.3. The van der Waals surface area contributed by atoms with Gasteiger partial charge in [-0.2, -0.15) is 5.10 Å². The van der Waals surface area contributed by atoms with Crippen LogP contribution in [0.15, 0.2) is 4.60 Å². The summed E-state index contributed by atoms with van der Waals surface area (Å²) in [7, 11) is -3.01. The Labute approximate surface area is 123 Å². The lowest BCUT2D eigenvalue weighted by Gasteiger charge is -2.29. The second-order valence-electron chi connectivity index (χ2n) is 5.09. The molecule has 0 spiro atoms. The van der Waals surface area contributed by atoms with Gasteiger partial charge in [-0.25, -0.2) is 13.1 Å². The van der Waals surface area contributed by atoms with Gasteiger partial charge in [0.2, 0.25) is 10.4 Å². The summed E-state index contributed by atoms with van der Waals surface area (Å²) in [6.07, 6.45) is 1.95. The van der Waals surface area contributed by atoms with Gasteiger partial charge in [0.05, 0.1) is 22.5 Å². The standard InChI is InChI=1S/C10H13BrN4O4S/c11-9-8(15(16)17)10(13-3-1-2-4-13)14(12-9)7-5-20(18,19)6-7/h7H,1-6H2. The average molecular weight is 365 g/mol. The number of hydrogen-bond acceptors (Lipinski definition) is 6. The zero-order valence-corrected chi connectivity index (χ0v) is 12.9. The van der Waals surface area contributed by atoms with Crippen LogP contribution < -0.4 is 4.90 Å². The van der Waals surface area contributed by atoms with E-state index >= 15 is 0 Å². The summed E-state index contributed by atoms with van der Waals surface area (Å²) in [6.45, 7) is 1.47. The molecular formula is C10H13BrN4O4S. The van der Waals surface area contributed by atoms with E-state index < -0.39 is 14.8 Å². The summed E-state index contributed by atoms with van der Waals surface area (Å²) in [5, 5.41) is 15.4. The molecule has 1 aromatic rings. The first-order chi connectivity index (χ1) is 9.39. The van der Waals surface area contributed by atoms with E-state index in [0.29, 0.717) is 5.82 Å². The van der Waals surface area contributed by atoms with Gasteiger partial charge in [-0.05, 0) is 28.8 Å². The lowest BCUT2D eigenvalue weighted by molar-refractivity contribution is -0.385. The molecule has 0 N–H and O–H groups in total. The van der Waals surface area contributed by atoms with Gasteiger partial charge in [-0.15, -0.1) is 0 Å². The summed E-state index contributed by atoms with van der Waals surface area (Å²) in [4.78, 5) is 12.7. The molecule has 2 aliphatic heterocycles. The van der Waals surface area contributed by atoms with Gasteiger partial charge >= 0.3 is 5.69 Å². The van der Waals surface area contributed by atoms with Gasteiger partial charge in [0.25, 0.3) is 0 Å². The molecule has 0 saturated carbocycles. The van der Waals surface area contributed by atoms with Crippen LogP contribution in [0.4, 0.5) is 11.5 Å². The number of aromatic nitrogens is 2. The smallest absolute Gasteiger partial charge is 0.345 e. The molecule has 10 heteroatoms. The van der Waals surface area contributed by atoms with Crippen LogP contribution in [-0.2, 0) is 9.84 Å². The Hall–Kier alpha value is -1.16. The second kappa shape index (κ2) is 4.69. The predicted octanol–water partition coefficient (Wildman–Crippen LogP) is 1.12. The Morgan fingerprint density at radius 3 is 2.40 bits per heavy atom. The first kappa shape index (κ1) is 13.8. The van der Waals surface area contributed by atoms with Crippen molar-refractivity contribution in [3.05, 3.63) is 14.7 Å². The van der Waals surface area contributed by atoms with Crippen molar-refractivity contribution in [1.82, 2.24) is 9.78 Å². The van der Waals surface area contributed by atoms with Gasteiger partial charge in [-0.3, -0.25) is 10.1 Å². The van der Waals surface area contributed by atoms with Crippen LogP contribution in [0, 0.1) is 10.1 Å². The summed E-state index contributed by atoms with van der Waals surface area (Å²) >= 11 is 3.12. The third kappa shape index (κ3) is 2.20. The molecule has 0 atom stereocenters. The quantitative estimate of drug-likeness (QED) is 0.588. The maximum absolute atomic E-state index is 11.3. The molecule has 0 bridgehead atoms. The van der Waals surface area contributed by atoms with Crippen molar-refractivity contribution in [3.63, 3.8) is 0 Å². The predicted molar refractivity (Wildman–Crippen MR) is 75.7 cm³/mol. The molecule has 0 aliphatic carbocycles. The van der Waals surface area contributed by atoms with Gasteiger partial charge in [0, 0.05) is 13.1 Å². The maximum atomic E-state index is 11.3. The number of halogens is 1. The fraction of sp³-hybridized carbons (Fsp3) is 0.700. The Morgan fingerprint density at radius 2 is 1.90 bits per heavy atom. The van der Waals surface area contributed by atoms with E-state index in [1.54, 1.807) is 0 Å². The van der Waals surface area contributed by atoms with Gasteiger partial charge < -0.3 is 4.90 Å². The molecule has 3 rings (SSSR count). The zero-order chi connectivity index (χ0) is 14.5. The molecule has 2 fully saturated rings. The molecule has 110 valence electrons. The second-order valence-corrected chi connectivity index (χ2v) is 7.99. The van der Waals surface area contributed by atoms with E-state index in [1.165, 1.54) is 4.68 Å². The van der Waals surface area contributed by atoms with Crippen LogP contribution >= 0.6 is 15.9 Å². The molecule has 20 heavy (non-hydrogen) atoms. The molecule has 2 saturated heterocycles. The molecule has 0 radical (unpaired) electrons. The largest absolute Gasteiger partial charge is 0.351 e. The maximum Gasteiger partial charge on any atom is 0.345 e. The highest BCUT2D eigenvalue weighted by Gasteiger charge is 2.41. The van der Waals surface area contributed by atoms with Gasteiger partial charge in [0.15, 0.2) is 9.84 Å². The third-order valence-electron chi connectivity index (χ3n) is 3.65. The van der Waals surface area contributed by atoms with Gasteiger partial charge in [0.1, 0.15) is 0 Å². The fourth-order valence-corrected chi connectivity index (χ4v) is 4.55. The van der Waals surface area contributed by atoms with Crippen LogP contribution in [0.1, 0.15) is 18.9 Å². The van der Waals surface area contributed by atoms with Gasteiger partial charge in [-0.1, -0.05) is 0 Å². The van der Waals surface area contributed by atoms with Crippen LogP contribution in [0.3, 0.4) is 0 Å². The minimum atomic E-state index is -3.01. The highest BCUT2D eigenvalue weighted by molar-refractivity contribution is 9.10. The molecule has 0 unspecified atom stereocenters. The molecule has 1 aromatic heterocycles. The molecule has 8 nitrogen and oxygen atoms in total. The normalized spacial score (nSPS) is 21.9. The molecule has 3 heterocycles. The van der Waals surface area contributed by atoms with Crippen LogP contribution in [0.25, 0.3) is 0 Å². The van der Waals surface area contributed by atoms with Crippen LogP contribution in [-0.4, -0.2) is 47.7 Å². The number of hydrogen-bond donors (Lipinski definition) is 0. The fourth-order valence-electron chi connectivity index (χ4n) is 2.70. The highest BCUT2D eigenvalue weighted by Crippen LogP contribution is 2.40. The van der Waals surface area contributed by atoms with E-state index in [2.05, 4.69) is 21.0 Å². The van der Waals surface area contributed by atoms with Crippen molar-refractivity contribution in [3.8, 4) is 0 Å². The SMILES string of the molecule is O=[N+]([O-])c1c(Br)nn(C2CS(=O)(=O)C2)c1N1CCCC1. The zero-order valence-electron chi connectivity index (χ0n) is 10.5. The number of anilines is 1. The van der Waals surface area contributed by atoms with E-state index in [0.717, 1.165) is 25.9 Å². The van der Waals surface area contributed by atoms with E-state index in [1.807, 2.05) is 4.90 Å². The van der Waals surface area contributed by atoms with Crippen LogP contribution in [0.2, 0.25) is 0 Å². The average Bonchev–Trinajstić information content (AvgIpc) is 2.91. The summed E-state index contributed by atoms with van der Waals surface area (Å²) in [6, 6.07) is -0.305. The van der Waals surface area contributed by atoms with Crippen molar-refractivity contribution >= 4 is 37.3 Å². The molecular weight excluding hydrogens is 352 g/mol. The van der Waals surface area contributed by atoms with Crippen molar-refractivity contribution in [2.45, 2.75) is 18.9 Å². The Kier molecular flexibility index (Phi) is 3.24. The van der Waals surface area contributed by atoms with E-state index in [9.17, 15) is 18.5 Å². The number of rotatable bonds is 3. The first-order valence-corrected chi connectivity index (χ1v) is 8.88. The van der Waals surface area contributed by atoms with Crippen LogP contribution in [0.5, 0.6) is 0 Å². The molecule has 0 amide bonds.